The van der Waals surface area contributed by atoms with Crippen LogP contribution in [0.3, 0.4) is 0 Å². The van der Waals surface area contributed by atoms with Crippen LogP contribution in [-0.2, 0) is 20.9 Å². The Labute approximate surface area is 173 Å². The van der Waals surface area contributed by atoms with E-state index in [0.717, 1.165) is 24.8 Å². The molecule has 1 saturated heterocycles. The van der Waals surface area contributed by atoms with Gasteiger partial charge >= 0.3 is 5.97 Å². The van der Waals surface area contributed by atoms with E-state index in [1.54, 1.807) is 0 Å². The van der Waals surface area contributed by atoms with Crippen molar-refractivity contribution in [1.29, 1.82) is 0 Å². The minimum Gasteiger partial charge on any atom is -0.750 e. The molecule has 1 aliphatic heterocycles. The SMILES string of the molecule is C=C1CCC2[C@](C)(CO)[C@H](O)CC[C@@]2(C)[C@@H]1C/C=C1/C(=O)OC[C@H]1O.O=S([O-])O. The van der Waals surface area contributed by atoms with Crippen LogP contribution < -0.4 is 0 Å². The highest BCUT2D eigenvalue weighted by Gasteiger charge is 2.57. The van der Waals surface area contributed by atoms with Crippen molar-refractivity contribution < 1.29 is 38.2 Å². The second kappa shape index (κ2) is 9.36. The minimum atomic E-state index is -2.86. The maximum absolute atomic E-state index is 11.8. The molecule has 166 valence electrons. The maximum atomic E-state index is 11.8. The monoisotopic (exact) mass is 431 g/mol. The fourth-order valence-electron chi connectivity index (χ4n) is 5.56. The average Bonchev–Trinajstić information content (AvgIpc) is 2.96. The Morgan fingerprint density at radius 3 is 2.48 bits per heavy atom. The van der Waals surface area contributed by atoms with Crippen LogP contribution in [0.25, 0.3) is 0 Å². The standard InChI is InChI=1S/C20H30O5.H2O3S/c1-12-4-7-16-19(2,9-8-17(23)20(16,3)11-21)14(12)6-5-13-15(22)10-25-18(13)24;1-4(2)3/h5,14-17,21-23H,1,4,6-11H2,2-3H3;(H2,1,2,3)/p-1/b13-5+;/t14-,15-,16?,17-,19+,20+;/m1./s1. The topological polar surface area (TPSA) is 147 Å². The molecule has 29 heavy (non-hydrogen) atoms. The predicted molar refractivity (Wildman–Crippen MR) is 105 cm³/mol. The number of rotatable bonds is 3. The Morgan fingerprint density at radius 1 is 1.34 bits per heavy atom. The number of aliphatic hydroxyl groups is 3. The molecular weight excluding hydrogens is 400 g/mol. The fraction of sp³-hybridized carbons (Fsp3) is 0.750. The number of fused-ring (bicyclic) bond motifs is 1. The van der Waals surface area contributed by atoms with Gasteiger partial charge in [-0.05, 0) is 49.4 Å². The van der Waals surface area contributed by atoms with Gasteiger partial charge in [0.1, 0.15) is 12.7 Å². The Hall–Kier alpha value is -1.10. The van der Waals surface area contributed by atoms with Gasteiger partial charge < -0.3 is 29.2 Å². The van der Waals surface area contributed by atoms with Crippen LogP contribution in [0.15, 0.2) is 23.8 Å². The second-order valence-electron chi connectivity index (χ2n) is 8.75. The molecule has 3 aliphatic rings. The molecule has 0 radical (unpaired) electrons. The molecule has 3 fully saturated rings. The van der Waals surface area contributed by atoms with Gasteiger partial charge in [-0.2, -0.15) is 0 Å². The summed E-state index contributed by atoms with van der Waals surface area (Å²) in [7, 11) is 0. The molecule has 9 heteroatoms. The van der Waals surface area contributed by atoms with Crippen molar-refractivity contribution in [3.8, 4) is 0 Å². The first-order valence-electron chi connectivity index (χ1n) is 9.77. The summed E-state index contributed by atoms with van der Waals surface area (Å²) in [5.74, 6) is -0.0734. The average molecular weight is 432 g/mol. The summed E-state index contributed by atoms with van der Waals surface area (Å²) in [5, 5.41) is 30.4. The molecule has 2 unspecified atom stereocenters. The highest BCUT2D eigenvalue weighted by atomic mass is 32.2. The number of hydrogen-bond acceptors (Lipinski definition) is 7. The van der Waals surface area contributed by atoms with Crippen LogP contribution in [-0.4, -0.2) is 60.0 Å². The number of carbonyl (C=O) groups excluding carboxylic acids is 1. The van der Waals surface area contributed by atoms with Crippen molar-refractivity contribution in [2.75, 3.05) is 13.2 Å². The molecule has 7 atom stereocenters. The van der Waals surface area contributed by atoms with Gasteiger partial charge in [0.25, 0.3) is 0 Å². The third-order valence-corrected chi connectivity index (χ3v) is 7.23. The minimum absolute atomic E-state index is 0.0280. The lowest BCUT2D eigenvalue weighted by molar-refractivity contribution is -0.151. The van der Waals surface area contributed by atoms with E-state index in [-0.39, 0.29) is 30.5 Å². The Kier molecular flexibility index (Phi) is 7.80. The zero-order valence-electron chi connectivity index (χ0n) is 16.9. The summed E-state index contributed by atoms with van der Waals surface area (Å²) in [6.45, 7) is 8.50. The lowest BCUT2D eigenvalue weighted by atomic mass is 9.46. The summed E-state index contributed by atoms with van der Waals surface area (Å²) in [4.78, 5) is 11.8. The maximum Gasteiger partial charge on any atom is 0.336 e. The van der Waals surface area contributed by atoms with Crippen molar-refractivity contribution in [2.24, 2.45) is 22.7 Å². The molecule has 0 aromatic rings. The smallest absolute Gasteiger partial charge is 0.336 e. The van der Waals surface area contributed by atoms with E-state index < -0.39 is 35.0 Å². The van der Waals surface area contributed by atoms with E-state index in [9.17, 15) is 20.1 Å². The Balaban J connectivity index is 0.000000687. The summed E-state index contributed by atoms with van der Waals surface area (Å²) in [5.41, 5.74) is 0.911. The number of hydrogen-bond donors (Lipinski definition) is 4. The molecule has 2 aliphatic carbocycles. The van der Waals surface area contributed by atoms with Crippen molar-refractivity contribution in [3.63, 3.8) is 0 Å². The number of allylic oxidation sites excluding steroid dienone is 2. The van der Waals surface area contributed by atoms with Gasteiger partial charge in [-0.3, -0.25) is 0 Å². The molecule has 4 N–H and O–H groups in total. The third-order valence-electron chi connectivity index (χ3n) is 7.23. The van der Waals surface area contributed by atoms with Crippen LogP contribution in [0.1, 0.15) is 46.0 Å². The van der Waals surface area contributed by atoms with E-state index in [1.165, 1.54) is 0 Å². The second-order valence-corrected chi connectivity index (χ2v) is 9.19. The van der Waals surface area contributed by atoms with Crippen LogP contribution >= 0.6 is 0 Å². The van der Waals surface area contributed by atoms with Gasteiger partial charge in [-0.25, -0.2) is 9.00 Å². The largest absolute Gasteiger partial charge is 0.750 e. The van der Waals surface area contributed by atoms with Gasteiger partial charge in [0.15, 0.2) is 0 Å². The Bertz CT molecular complexity index is 688. The lowest BCUT2D eigenvalue weighted by Crippen LogP contribution is -2.57. The highest BCUT2D eigenvalue weighted by molar-refractivity contribution is 7.73. The molecule has 2 saturated carbocycles. The van der Waals surface area contributed by atoms with E-state index in [1.807, 2.05) is 13.0 Å². The summed E-state index contributed by atoms with van der Waals surface area (Å²) in [6.07, 6.45) is 4.42. The summed E-state index contributed by atoms with van der Waals surface area (Å²) < 4.78 is 29.0. The molecule has 0 aromatic heterocycles. The number of esters is 1. The zero-order valence-corrected chi connectivity index (χ0v) is 17.7. The van der Waals surface area contributed by atoms with Crippen molar-refractivity contribution in [2.45, 2.75) is 58.2 Å². The first kappa shape index (κ1) is 24.2. The zero-order chi connectivity index (χ0) is 22.0. The molecule has 0 aromatic carbocycles. The van der Waals surface area contributed by atoms with Crippen molar-refractivity contribution >= 4 is 17.3 Å². The normalized spacial score (nSPS) is 42.0. The Morgan fingerprint density at radius 2 is 1.97 bits per heavy atom. The predicted octanol–water partition coefficient (Wildman–Crippen LogP) is 1.30. The molecule has 0 bridgehead atoms. The van der Waals surface area contributed by atoms with Gasteiger partial charge in [0.2, 0.25) is 0 Å². The molecule has 8 nitrogen and oxygen atoms in total. The first-order valence-corrected chi connectivity index (χ1v) is 10.8. The number of cyclic esters (lactones) is 1. The van der Waals surface area contributed by atoms with Gasteiger partial charge in [0.05, 0.1) is 29.6 Å². The number of ether oxygens (including phenoxy) is 1. The van der Waals surface area contributed by atoms with Gasteiger partial charge in [0, 0.05) is 5.41 Å². The lowest BCUT2D eigenvalue weighted by Gasteiger charge is -2.59. The summed E-state index contributed by atoms with van der Waals surface area (Å²) in [6, 6.07) is 0. The number of carbonyl (C=O) groups is 1. The molecule has 3 rings (SSSR count). The third kappa shape index (κ3) is 4.81. The quantitative estimate of drug-likeness (QED) is 0.226. The van der Waals surface area contributed by atoms with Crippen molar-refractivity contribution in [1.82, 2.24) is 0 Å². The van der Waals surface area contributed by atoms with Crippen LogP contribution in [0.4, 0.5) is 0 Å². The molecule has 1 heterocycles. The van der Waals surface area contributed by atoms with Gasteiger partial charge in [-0.1, -0.05) is 32.1 Å². The highest BCUT2D eigenvalue weighted by Crippen LogP contribution is 2.61. The van der Waals surface area contributed by atoms with Gasteiger partial charge in [-0.15, -0.1) is 0 Å². The van der Waals surface area contributed by atoms with E-state index in [2.05, 4.69) is 13.5 Å². The number of aliphatic hydroxyl groups excluding tert-OH is 3. The summed E-state index contributed by atoms with van der Waals surface area (Å²) >= 11 is -2.86. The van der Waals surface area contributed by atoms with E-state index in [0.29, 0.717) is 18.4 Å². The van der Waals surface area contributed by atoms with Crippen LogP contribution in [0.2, 0.25) is 0 Å². The molecule has 0 spiro atoms. The van der Waals surface area contributed by atoms with E-state index >= 15 is 0 Å². The van der Waals surface area contributed by atoms with Crippen LogP contribution in [0.5, 0.6) is 0 Å². The molecule has 0 amide bonds. The van der Waals surface area contributed by atoms with Crippen LogP contribution in [0, 0.1) is 22.7 Å². The van der Waals surface area contributed by atoms with Crippen molar-refractivity contribution in [3.05, 3.63) is 23.8 Å². The van der Waals surface area contributed by atoms with E-state index in [4.69, 9.17) is 18.1 Å². The fourth-order valence-corrected chi connectivity index (χ4v) is 5.56. The molecular formula is C20H31O8S-. The first-order chi connectivity index (χ1) is 13.5.